The van der Waals surface area contributed by atoms with Crippen molar-refractivity contribution in [1.82, 2.24) is 5.32 Å². The number of amides is 1. The molecule has 0 spiro atoms. The quantitative estimate of drug-likeness (QED) is 0.519. The van der Waals surface area contributed by atoms with Crippen molar-refractivity contribution < 1.29 is 17.9 Å². The van der Waals surface area contributed by atoms with Crippen molar-refractivity contribution in [3.8, 4) is 5.75 Å². The van der Waals surface area contributed by atoms with Crippen LogP contribution in [-0.4, -0.2) is 27.7 Å². The second kappa shape index (κ2) is 10.1. The highest BCUT2D eigenvalue weighted by Gasteiger charge is 2.22. The highest BCUT2D eigenvalue weighted by Crippen LogP contribution is 2.29. The Kier molecular flexibility index (Phi) is 7.43. The van der Waals surface area contributed by atoms with Gasteiger partial charge in [0.15, 0.2) is 0 Å². The summed E-state index contributed by atoms with van der Waals surface area (Å²) in [5, 5.41) is 2.99. The van der Waals surface area contributed by atoms with Gasteiger partial charge in [-0.05, 0) is 55.7 Å². The first kappa shape index (κ1) is 24.3. The molecule has 0 saturated carbocycles. The summed E-state index contributed by atoms with van der Waals surface area (Å²) in [7, 11) is -1.90. The first-order valence-corrected chi connectivity index (χ1v) is 12.5. The lowest BCUT2D eigenvalue weighted by Gasteiger charge is -2.26. The van der Waals surface area contributed by atoms with Crippen molar-refractivity contribution in [3.63, 3.8) is 0 Å². The Labute approximate surface area is 196 Å². The molecular weight excluding hydrogens is 436 g/mol. The first-order chi connectivity index (χ1) is 15.6. The topological polar surface area (TPSA) is 75.7 Å². The van der Waals surface area contributed by atoms with Gasteiger partial charge in [0, 0.05) is 11.1 Å². The highest BCUT2D eigenvalue weighted by molar-refractivity contribution is 7.92. The van der Waals surface area contributed by atoms with Crippen LogP contribution in [0.1, 0.15) is 45.6 Å². The lowest BCUT2D eigenvalue weighted by molar-refractivity contribution is 0.0939. The summed E-state index contributed by atoms with van der Waals surface area (Å²) < 4.78 is 31.9. The van der Waals surface area contributed by atoms with Crippen LogP contribution in [0, 0.1) is 13.8 Å². The Morgan fingerprint density at radius 2 is 1.58 bits per heavy atom. The normalized spacial score (nSPS) is 12.2. The van der Waals surface area contributed by atoms with E-state index in [9.17, 15) is 13.2 Å². The van der Waals surface area contributed by atoms with Gasteiger partial charge < -0.3 is 10.1 Å². The third-order valence-electron chi connectivity index (χ3n) is 5.58. The average molecular weight is 467 g/mol. The Morgan fingerprint density at radius 3 is 2.15 bits per heavy atom. The number of benzene rings is 3. The van der Waals surface area contributed by atoms with Gasteiger partial charge in [0.05, 0.1) is 31.6 Å². The van der Waals surface area contributed by atoms with Crippen LogP contribution in [0.2, 0.25) is 0 Å². The molecule has 0 aromatic heterocycles. The molecule has 6 nitrogen and oxygen atoms in total. The van der Waals surface area contributed by atoms with Gasteiger partial charge in [-0.2, -0.15) is 0 Å². The number of methoxy groups -OCH3 is 1. The Morgan fingerprint density at radius 1 is 0.970 bits per heavy atom. The van der Waals surface area contributed by atoms with Crippen LogP contribution >= 0.6 is 0 Å². The van der Waals surface area contributed by atoms with Gasteiger partial charge in [0.2, 0.25) is 10.0 Å². The lowest BCUT2D eigenvalue weighted by Crippen LogP contribution is -2.30. The van der Waals surface area contributed by atoms with E-state index in [1.54, 1.807) is 31.4 Å². The van der Waals surface area contributed by atoms with Gasteiger partial charge in [-0.1, -0.05) is 48.5 Å². The molecule has 3 aromatic carbocycles. The van der Waals surface area contributed by atoms with Crippen molar-refractivity contribution in [2.24, 2.45) is 0 Å². The fourth-order valence-corrected chi connectivity index (χ4v) is 4.87. The zero-order valence-corrected chi connectivity index (χ0v) is 20.4. The highest BCUT2D eigenvalue weighted by atomic mass is 32.2. The summed E-state index contributed by atoms with van der Waals surface area (Å²) >= 11 is 0. The molecule has 1 N–H and O–H groups in total. The fraction of sp³-hybridized carbons (Fsp3) is 0.269. The number of carbonyl (C=O) groups excluding carboxylic acids is 1. The van der Waals surface area contributed by atoms with Crippen LogP contribution in [0.15, 0.2) is 66.7 Å². The van der Waals surface area contributed by atoms with E-state index in [1.165, 1.54) is 10.6 Å². The zero-order valence-electron chi connectivity index (χ0n) is 19.6. The van der Waals surface area contributed by atoms with Gasteiger partial charge >= 0.3 is 0 Å². The molecule has 0 fully saturated rings. The number of sulfonamides is 1. The van der Waals surface area contributed by atoms with Gasteiger partial charge in [-0.15, -0.1) is 0 Å². The average Bonchev–Trinajstić information content (AvgIpc) is 2.78. The SMILES string of the molecule is COc1ccccc1[C@@H](C)NC(=O)c1ccc(CN(c2c(C)cccc2C)S(C)(=O)=O)cc1. The molecule has 0 heterocycles. The number of hydrogen-bond donors (Lipinski definition) is 1. The van der Waals surface area contributed by atoms with E-state index >= 15 is 0 Å². The van der Waals surface area contributed by atoms with E-state index < -0.39 is 10.0 Å². The Balaban J connectivity index is 1.78. The summed E-state index contributed by atoms with van der Waals surface area (Å²) in [6.07, 6.45) is 1.21. The maximum atomic E-state index is 12.8. The summed E-state index contributed by atoms with van der Waals surface area (Å²) in [6.45, 7) is 5.89. The van der Waals surface area contributed by atoms with Crippen molar-refractivity contribution >= 4 is 21.6 Å². The molecule has 0 bridgehead atoms. The molecule has 3 rings (SSSR count). The number of hydrogen-bond acceptors (Lipinski definition) is 4. The summed E-state index contributed by atoms with van der Waals surface area (Å²) in [5.41, 5.74) is 4.65. The molecule has 0 saturated heterocycles. The van der Waals surface area contributed by atoms with Crippen molar-refractivity contribution in [1.29, 1.82) is 0 Å². The van der Waals surface area contributed by atoms with E-state index in [2.05, 4.69) is 5.32 Å². The number of para-hydroxylation sites is 2. The van der Waals surface area contributed by atoms with Crippen LogP contribution in [0.4, 0.5) is 5.69 Å². The minimum absolute atomic E-state index is 0.185. The van der Waals surface area contributed by atoms with Crippen molar-refractivity contribution in [2.75, 3.05) is 17.7 Å². The monoisotopic (exact) mass is 466 g/mol. The van der Waals surface area contributed by atoms with Crippen LogP contribution < -0.4 is 14.4 Å². The molecule has 0 radical (unpaired) electrons. The summed E-state index contributed by atoms with van der Waals surface area (Å²) in [6, 6.07) is 20.0. The van der Waals surface area contributed by atoms with Gasteiger partial charge in [-0.25, -0.2) is 8.42 Å². The molecule has 1 atom stereocenters. The van der Waals surface area contributed by atoms with Gasteiger partial charge in [-0.3, -0.25) is 9.10 Å². The molecule has 1 amide bonds. The molecule has 33 heavy (non-hydrogen) atoms. The number of anilines is 1. The summed E-state index contributed by atoms with van der Waals surface area (Å²) in [5.74, 6) is 0.502. The summed E-state index contributed by atoms with van der Waals surface area (Å²) in [4.78, 5) is 12.8. The molecule has 0 aliphatic heterocycles. The second-order valence-corrected chi connectivity index (χ2v) is 10.1. The number of ether oxygens (including phenoxy) is 1. The predicted molar refractivity (Wildman–Crippen MR) is 132 cm³/mol. The Hall–Kier alpha value is -3.32. The van der Waals surface area contributed by atoms with Crippen LogP contribution in [0.3, 0.4) is 0 Å². The van der Waals surface area contributed by atoms with Crippen molar-refractivity contribution in [3.05, 3.63) is 94.5 Å². The Bertz CT molecular complexity index is 1220. The predicted octanol–water partition coefficient (Wildman–Crippen LogP) is 4.77. The number of nitrogens with zero attached hydrogens (tertiary/aromatic N) is 1. The molecule has 174 valence electrons. The van der Waals surface area contributed by atoms with E-state index in [0.29, 0.717) is 17.0 Å². The minimum atomic E-state index is -3.50. The first-order valence-electron chi connectivity index (χ1n) is 10.7. The van der Waals surface area contributed by atoms with Crippen LogP contribution in [-0.2, 0) is 16.6 Å². The van der Waals surface area contributed by atoms with Crippen LogP contribution in [0.25, 0.3) is 0 Å². The maximum absolute atomic E-state index is 12.8. The lowest BCUT2D eigenvalue weighted by atomic mass is 10.1. The molecule has 0 aliphatic carbocycles. The third kappa shape index (κ3) is 5.73. The third-order valence-corrected chi connectivity index (χ3v) is 6.70. The molecule has 0 aliphatic rings. The fourth-order valence-electron chi connectivity index (χ4n) is 3.87. The van der Waals surface area contributed by atoms with Gasteiger partial charge in [0.25, 0.3) is 5.91 Å². The smallest absolute Gasteiger partial charge is 0.251 e. The van der Waals surface area contributed by atoms with Crippen LogP contribution in [0.5, 0.6) is 5.75 Å². The number of carbonyl (C=O) groups is 1. The van der Waals surface area contributed by atoms with E-state index in [-0.39, 0.29) is 18.5 Å². The van der Waals surface area contributed by atoms with E-state index in [4.69, 9.17) is 4.74 Å². The molecule has 3 aromatic rings. The number of nitrogens with one attached hydrogen (secondary N) is 1. The second-order valence-electron chi connectivity index (χ2n) is 8.14. The molecular formula is C26H30N2O4S. The zero-order chi connectivity index (χ0) is 24.2. The number of rotatable bonds is 8. The maximum Gasteiger partial charge on any atom is 0.251 e. The van der Waals surface area contributed by atoms with Gasteiger partial charge in [0.1, 0.15) is 5.75 Å². The van der Waals surface area contributed by atoms with E-state index in [0.717, 1.165) is 22.3 Å². The van der Waals surface area contributed by atoms with Crippen molar-refractivity contribution in [2.45, 2.75) is 33.4 Å². The number of aryl methyl sites for hydroxylation is 2. The minimum Gasteiger partial charge on any atom is -0.496 e. The molecule has 0 unspecified atom stereocenters. The standard InChI is InChI=1S/C26H30N2O4S/c1-18-9-8-10-19(2)25(18)28(33(5,30)31)17-21-13-15-22(16-14-21)26(29)27-20(3)23-11-6-7-12-24(23)32-4/h6-16,20H,17H2,1-5H3,(H,27,29)/t20-/m1/s1. The largest absolute Gasteiger partial charge is 0.496 e. The molecule has 7 heteroatoms. The van der Waals surface area contributed by atoms with E-state index in [1.807, 2.05) is 63.2 Å².